The first-order chi connectivity index (χ1) is 4.91. The zero-order valence-corrected chi connectivity index (χ0v) is 6.75. The van der Waals surface area contributed by atoms with E-state index in [4.69, 9.17) is 6.42 Å². The molecule has 0 saturated heterocycles. The first-order valence-corrected chi connectivity index (χ1v) is 3.53. The fourth-order valence-electron chi connectivity index (χ4n) is 0.207. The minimum absolute atomic E-state index is 0.629. The van der Waals surface area contributed by atoms with Crippen molar-refractivity contribution >= 4 is 15.9 Å². The van der Waals surface area contributed by atoms with Crippen molar-refractivity contribution in [1.29, 1.82) is 0 Å². The van der Waals surface area contributed by atoms with E-state index in [1.54, 1.807) is 0 Å². The number of halogens is 1. The van der Waals surface area contributed by atoms with Crippen LogP contribution in [0.4, 0.5) is 0 Å². The summed E-state index contributed by atoms with van der Waals surface area (Å²) in [6, 6.07) is 0. The van der Waals surface area contributed by atoms with Crippen molar-refractivity contribution in [2.24, 2.45) is 0 Å². The Bertz CT molecular complexity index is 298. The summed E-state index contributed by atoms with van der Waals surface area (Å²) in [6.45, 7) is 0. The third-order valence-electron chi connectivity index (χ3n) is 0.477. The minimum Gasteiger partial charge on any atom is -0.106 e. The van der Waals surface area contributed by atoms with E-state index in [-0.39, 0.29) is 0 Å². The second-order valence-electron chi connectivity index (χ2n) is 1.08. The highest BCUT2D eigenvalue weighted by atomic mass is 79.9. The summed E-state index contributed by atoms with van der Waals surface area (Å²) in [5.74, 6) is 17.2. The fraction of sp³-hybridized carbons (Fsp3) is 0.111. The Balaban J connectivity index is 3.85. The first-order valence-electron chi connectivity index (χ1n) is 2.41. The van der Waals surface area contributed by atoms with Crippen LogP contribution in [-0.2, 0) is 0 Å². The van der Waals surface area contributed by atoms with Crippen molar-refractivity contribution in [3.63, 3.8) is 0 Å². The molecule has 0 aliphatic rings. The molecule has 0 saturated carbocycles. The van der Waals surface area contributed by atoms with Crippen LogP contribution in [0.1, 0.15) is 0 Å². The standard InChI is InChI=1S/C9H3Br/c1-2-3-4-5-6-7-8-9-10/h1H,9H2. The van der Waals surface area contributed by atoms with Crippen molar-refractivity contribution in [2.45, 2.75) is 0 Å². The zero-order chi connectivity index (χ0) is 7.66. The Morgan fingerprint density at radius 3 is 2.20 bits per heavy atom. The Labute approximate surface area is 69.5 Å². The maximum absolute atomic E-state index is 4.83. The highest BCUT2D eigenvalue weighted by molar-refractivity contribution is 9.09. The van der Waals surface area contributed by atoms with E-state index >= 15 is 0 Å². The lowest BCUT2D eigenvalue weighted by Crippen LogP contribution is -1.56. The van der Waals surface area contributed by atoms with Crippen LogP contribution in [0.3, 0.4) is 0 Å². The van der Waals surface area contributed by atoms with Crippen LogP contribution in [-0.4, -0.2) is 5.33 Å². The third kappa shape index (κ3) is 6.72. The molecule has 0 unspecified atom stereocenters. The summed E-state index contributed by atoms with van der Waals surface area (Å²) in [6.07, 6.45) is 4.83. The average Bonchev–Trinajstić information content (AvgIpc) is 1.97. The lowest BCUT2D eigenvalue weighted by molar-refractivity contribution is 2.00. The molecular formula is C9H3Br. The van der Waals surface area contributed by atoms with Gasteiger partial charge in [-0.1, -0.05) is 21.9 Å². The Kier molecular flexibility index (Phi) is 6.73. The molecule has 0 nitrogen and oxygen atoms in total. The van der Waals surface area contributed by atoms with E-state index in [2.05, 4.69) is 57.4 Å². The van der Waals surface area contributed by atoms with Gasteiger partial charge in [0.05, 0.1) is 5.33 Å². The van der Waals surface area contributed by atoms with Gasteiger partial charge in [0, 0.05) is 0 Å². The molecule has 0 amide bonds. The van der Waals surface area contributed by atoms with E-state index in [1.165, 1.54) is 0 Å². The van der Waals surface area contributed by atoms with Crippen LogP contribution in [0.5, 0.6) is 0 Å². The van der Waals surface area contributed by atoms with E-state index in [1.807, 2.05) is 0 Å². The Morgan fingerprint density at radius 2 is 1.60 bits per heavy atom. The van der Waals surface area contributed by atoms with Crippen molar-refractivity contribution in [1.82, 2.24) is 0 Å². The van der Waals surface area contributed by atoms with Crippen LogP contribution in [0.15, 0.2) is 0 Å². The van der Waals surface area contributed by atoms with E-state index in [9.17, 15) is 0 Å². The molecule has 10 heavy (non-hydrogen) atoms. The van der Waals surface area contributed by atoms with Gasteiger partial charge in [0.15, 0.2) is 0 Å². The van der Waals surface area contributed by atoms with Crippen molar-refractivity contribution in [2.75, 3.05) is 5.33 Å². The summed E-state index contributed by atoms with van der Waals surface area (Å²) < 4.78 is 0. The molecular weight excluding hydrogens is 188 g/mol. The fourth-order valence-corrected chi connectivity index (χ4v) is 0.348. The first kappa shape index (κ1) is 8.72. The topological polar surface area (TPSA) is 0 Å². The van der Waals surface area contributed by atoms with Crippen LogP contribution >= 0.6 is 15.9 Å². The molecule has 1 heteroatoms. The van der Waals surface area contributed by atoms with Gasteiger partial charge in [-0.25, -0.2) is 0 Å². The molecule has 0 aliphatic carbocycles. The van der Waals surface area contributed by atoms with Gasteiger partial charge in [-0.05, 0) is 35.5 Å². The number of terminal acetylenes is 1. The number of hydrogen-bond acceptors (Lipinski definition) is 0. The molecule has 0 fully saturated rings. The van der Waals surface area contributed by atoms with Gasteiger partial charge in [-0.2, -0.15) is 0 Å². The molecule has 0 aromatic heterocycles. The highest BCUT2D eigenvalue weighted by Crippen LogP contribution is 1.70. The zero-order valence-electron chi connectivity index (χ0n) is 5.16. The molecule has 46 valence electrons. The predicted molar refractivity (Wildman–Crippen MR) is 46.0 cm³/mol. The van der Waals surface area contributed by atoms with Crippen molar-refractivity contribution < 1.29 is 0 Å². The summed E-state index contributed by atoms with van der Waals surface area (Å²) in [7, 11) is 0. The molecule has 0 radical (unpaired) electrons. The molecule has 0 atom stereocenters. The highest BCUT2D eigenvalue weighted by Gasteiger charge is 1.57. The van der Waals surface area contributed by atoms with Gasteiger partial charge in [-0.3, -0.25) is 0 Å². The average molecular weight is 191 g/mol. The van der Waals surface area contributed by atoms with E-state index in [0.717, 1.165) is 0 Å². The largest absolute Gasteiger partial charge is 0.106 e. The number of alkyl halides is 1. The van der Waals surface area contributed by atoms with Crippen LogP contribution in [0.25, 0.3) is 0 Å². The van der Waals surface area contributed by atoms with Crippen LogP contribution in [0, 0.1) is 47.9 Å². The summed E-state index contributed by atoms with van der Waals surface area (Å²) >= 11 is 3.12. The van der Waals surface area contributed by atoms with Gasteiger partial charge in [0.25, 0.3) is 0 Å². The summed E-state index contributed by atoms with van der Waals surface area (Å²) in [4.78, 5) is 0. The van der Waals surface area contributed by atoms with Crippen LogP contribution < -0.4 is 0 Å². The molecule has 0 N–H and O–H groups in total. The van der Waals surface area contributed by atoms with Gasteiger partial charge in [0.2, 0.25) is 0 Å². The Hall–Kier alpha value is -1.28. The maximum atomic E-state index is 4.83. The second kappa shape index (κ2) is 7.72. The maximum Gasteiger partial charge on any atom is 0.0655 e. The predicted octanol–water partition coefficient (Wildman–Crippen LogP) is 1.02. The van der Waals surface area contributed by atoms with E-state index in [0.29, 0.717) is 5.33 Å². The SMILES string of the molecule is C#CC#CC#CC#CCBr. The smallest absolute Gasteiger partial charge is 0.0655 e. The lowest BCUT2D eigenvalue weighted by Gasteiger charge is -1.58. The molecule has 0 aromatic rings. The molecule has 0 bridgehead atoms. The second-order valence-corrected chi connectivity index (χ2v) is 1.64. The quantitative estimate of drug-likeness (QED) is 0.396. The van der Waals surface area contributed by atoms with Crippen molar-refractivity contribution in [3.05, 3.63) is 0 Å². The number of rotatable bonds is 0. The minimum atomic E-state index is 0.629. The molecule has 0 rings (SSSR count). The monoisotopic (exact) mass is 190 g/mol. The van der Waals surface area contributed by atoms with Gasteiger partial charge in [0.1, 0.15) is 0 Å². The summed E-state index contributed by atoms with van der Waals surface area (Å²) in [5.41, 5.74) is 0. The molecule has 0 spiro atoms. The van der Waals surface area contributed by atoms with Gasteiger partial charge < -0.3 is 0 Å². The Morgan fingerprint density at radius 1 is 1.00 bits per heavy atom. The van der Waals surface area contributed by atoms with E-state index < -0.39 is 0 Å². The number of hydrogen-bond donors (Lipinski definition) is 0. The third-order valence-corrected chi connectivity index (χ3v) is 0.758. The normalized spacial score (nSPS) is 4.40. The van der Waals surface area contributed by atoms with Crippen molar-refractivity contribution in [3.8, 4) is 47.9 Å². The van der Waals surface area contributed by atoms with Crippen LogP contribution in [0.2, 0.25) is 0 Å². The van der Waals surface area contributed by atoms with Gasteiger partial charge >= 0.3 is 0 Å². The van der Waals surface area contributed by atoms with Gasteiger partial charge in [-0.15, -0.1) is 6.42 Å². The molecule has 0 aliphatic heterocycles. The molecule has 0 heterocycles. The summed E-state index contributed by atoms with van der Waals surface area (Å²) in [5, 5.41) is 0.629. The molecule has 0 aromatic carbocycles. The lowest BCUT2D eigenvalue weighted by atomic mass is 10.5.